The largest absolute Gasteiger partial charge is 0.379 e. The monoisotopic (exact) mass is 251 g/mol. The molecule has 0 saturated heterocycles. The highest BCUT2D eigenvalue weighted by Gasteiger charge is 2.20. The molecule has 0 aromatic carbocycles. The van der Waals surface area contributed by atoms with Crippen LogP contribution in [-0.2, 0) is 4.74 Å². The van der Waals surface area contributed by atoms with Crippen LogP contribution in [0.2, 0.25) is 0 Å². The Morgan fingerprint density at radius 3 is 2.94 bits per heavy atom. The Hall–Kier alpha value is -1.69. The highest BCUT2D eigenvalue weighted by atomic mass is 16.6. The van der Waals surface area contributed by atoms with E-state index in [1.165, 1.54) is 18.9 Å². The maximum atomic E-state index is 10.6. The van der Waals surface area contributed by atoms with Crippen LogP contribution in [0.5, 0.6) is 0 Å². The van der Waals surface area contributed by atoms with E-state index in [9.17, 15) is 10.1 Å². The fourth-order valence-electron chi connectivity index (χ4n) is 1.63. The van der Waals surface area contributed by atoms with Gasteiger partial charge in [0.05, 0.1) is 11.5 Å². The van der Waals surface area contributed by atoms with Gasteiger partial charge in [-0.3, -0.25) is 10.1 Å². The molecule has 1 aromatic heterocycles. The summed E-state index contributed by atoms with van der Waals surface area (Å²) in [5.41, 5.74) is 0.467. The van der Waals surface area contributed by atoms with Gasteiger partial charge in [0.1, 0.15) is 11.5 Å². The van der Waals surface area contributed by atoms with Crippen LogP contribution in [0.3, 0.4) is 0 Å². The van der Waals surface area contributed by atoms with E-state index in [4.69, 9.17) is 4.74 Å². The van der Waals surface area contributed by atoms with E-state index in [0.29, 0.717) is 24.7 Å². The molecule has 0 amide bonds. The maximum Gasteiger partial charge on any atom is 0.290 e. The molecule has 0 radical (unpaired) electrons. The average molecular weight is 251 g/mol. The number of nitro groups is 1. The Morgan fingerprint density at radius 1 is 1.56 bits per heavy atom. The molecule has 2 rings (SSSR count). The van der Waals surface area contributed by atoms with E-state index in [0.717, 1.165) is 12.5 Å². The van der Waals surface area contributed by atoms with Crippen molar-refractivity contribution in [3.05, 3.63) is 27.9 Å². The van der Waals surface area contributed by atoms with Gasteiger partial charge in [-0.05, 0) is 31.7 Å². The lowest BCUT2D eigenvalue weighted by molar-refractivity contribution is -0.385. The predicted octanol–water partition coefficient (Wildman–Crippen LogP) is 2.14. The Kier molecular flexibility index (Phi) is 4.09. The number of hydrogen-bond acceptors (Lipinski definition) is 5. The van der Waals surface area contributed by atoms with Gasteiger partial charge in [0.2, 0.25) is 0 Å². The molecule has 1 N–H and O–H groups in total. The summed E-state index contributed by atoms with van der Waals surface area (Å²) in [4.78, 5) is 14.3. The third-order valence-corrected chi connectivity index (χ3v) is 2.86. The van der Waals surface area contributed by atoms with Gasteiger partial charge in [-0.2, -0.15) is 0 Å². The summed E-state index contributed by atoms with van der Waals surface area (Å²) in [7, 11) is 0. The average Bonchev–Trinajstić information content (AvgIpc) is 3.12. The van der Waals surface area contributed by atoms with E-state index in [2.05, 4.69) is 10.3 Å². The second kappa shape index (κ2) is 5.77. The molecule has 0 unspecified atom stereocenters. The minimum atomic E-state index is -0.426. The molecule has 1 heterocycles. The summed E-state index contributed by atoms with van der Waals surface area (Å²) in [6.07, 6.45) is 2.58. The molecule has 0 aliphatic heterocycles. The van der Waals surface area contributed by atoms with E-state index in [1.807, 2.05) is 0 Å². The third-order valence-electron chi connectivity index (χ3n) is 2.86. The fourth-order valence-corrected chi connectivity index (χ4v) is 1.63. The zero-order valence-corrected chi connectivity index (χ0v) is 10.4. The van der Waals surface area contributed by atoms with E-state index in [1.54, 1.807) is 13.0 Å². The molecule has 1 aliphatic carbocycles. The summed E-state index contributed by atoms with van der Waals surface area (Å²) >= 11 is 0. The van der Waals surface area contributed by atoms with Gasteiger partial charge in [-0.25, -0.2) is 4.98 Å². The second-order valence-corrected chi connectivity index (χ2v) is 4.50. The van der Waals surface area contributed by atoms with Gasteiger partial charge in [0.15, 0.2) is 0 Å². The van der Waals surface area contributed by atoms with Crippen LogP contribution in [0.25, 0.3) is 0 Å². The quantitative estimate of drug-likeness (QED) is 0.456. The number of aromatic nitrogens is 1. The lowest BCUT2D eigenvalue weighted by atomic mass is 10.3. The van der Waals surface area contributed by atoms with E-state index < -0.39 is 4.92 Å². The van der Waals surface area contributed by atoms with Crippen LogP contribution in [0.1, 0.15) is 18.5 Å². The van der Waals surface area contributed by atoms with Crippen LogP contribution >= 0.6 is 0 Å². The highest BCUT2D eigenvalue weighted by molar-refractivity contribution is 5.44. The maximum absolute atomic E-state index is 10.6. The van der Waals surface area contributed by atoms with Crippen molar-refractivity contribution in [2.75, 3.05) is 25.1 Å². The molecule has 6 nitrogen and oxygen atoms in total. The third kappa shape index (κ3) is 3.66. The lowest BCUT2D eigenvalue weighted by Gasteiger charge is -2.07. The SMILES string of the molecule is Cc1nc(NCCOCC2CC2)ccc1[N+](=O)[O-]. The molecule has 98 valence electrons. The summed E-state index contributed by atoms with van der Waals surface area (Å²) in [5, 5.41) is 13.7. The molecule has 1 aromatic rings. The first-order valence-corrected chi connectivity index (χ1v) is 6.10. The molecule has 0 spiro atoms. The first kappa shape index (κ1) is 12.8. The predicted molar refractivity (Wildman–Crippen MR) is 67.7 cm³/mol. The molecular formula is C12H17N3O3. The number of hydrogen-bond donors (Lipinski definition) is 1. The van der Waals surface area contributed by atoms with Crippen molar-refractivity contribution in [3.8, 4) is 0 Å². The Morgan fingerprint density at radius 2 is 2.33 bits per heavy atom. The first-order valence-electron chi connectivity index (χ1n) is 6.10. The van der Waals surface area contributed by atoms with Crippen molar-refractivity contribution in [2.24, 2.45) is 5.92 Å². The molecule has 0 atom stereocenters. The second-order valence-electron chi connectivity index (χ2n) is 4.50. The van der Waals surface area contributed by atoms with Gasteiger partial charge in [-0.15, -0.1) is 0 Å². The van der Waals surface area contributed by atoms with Gasteiger partial charge < -0.3 is 10.1 Å². The molecular weight excluding hydrogens is 234 g/mol. The van der Waals surface area contributed by atoms with Gasteiger partial charge in [-0.1, -0.05) is 0 Å². The Labute approximate surface area is 106 Å². The normalized spacial score (nSPS) is 14.5. The molecule has 6 heteroatoms. The molecule has 1 saturated carbocycles. The Bertz CT molecular complexity index is 433. The molecule has 1 fully saturated rings. The zero-order valence-electron chi connectivity index (χ0n) is 10.4. The molecule has 1 aliphatic rings. The minimum absolute atomic E-state index is 0.0468. The standard InChI is InChI=1S/C12H17N3O3/c1-9-11(15(16)17)4-5-12(14-9)13-6-7-18-8-10-2-3-10/h4-5,10H,2-3,6-8H2,1H3,(H,13,14). The number of nitrogens with zero attached hydrogens (tertiary/aromatic N) is 2. The summed E-state index contributed by atoms with van der Waals surface area (Å²) in [5.74, 6) is 1.41. The summed E-state index contributed by atoms with van der Waals surface area (Å²) in [6, 6.07) is 3.09. The van der Waals surface area contributed by atoms with Crippen molar-refractivity contribution in [1.82, 2.24) is 4.98 Å². The number of ether oxygens (including phenoxy) is 1. The van der Waals surface area contributed by atoms with Crippen molar-refractivity contribution >= 4 is 11.5 Å². The highest BCUT2D eigenvalue weighted by Crippen LogP contribution is 2.28. The zero-order chi connectivity index (χ0) is 13.0. The first-order chi connectivity index (χ1) is 8.66. The summed E-state index contributed by atoms with van der Waals surface area (Å²) < 4.78 is 5.47. The van der Waals surface area contributed by atoms with E-state index in [-0.39, 0.29) is 5.69 Å². The van der Waals surface area contributed by atoms with Crippen molar-refractivity contribution in [3.63, 3.8) is 0 Å². The number of aryl methyl sites for hydroxylation is 1. The van der Waals surface area contributed by atoms with Crippen LogP contribution in [0, 0.1) is 23.0 Å². The number of rotatable bonds is 7. The van der Waals surface area contributed by atoms with Gasteiger partial charge in [0, 0.05) is 19.2 Å². The summed E-state index contributed by atoms with van der Waals surface area (Å²) in [6.45, 7) is 3.77. The van der Waals surface area contributed by atoms with Gasteiger partial charge in [0.25, 0.3) is 5.69 Å². The minimum Gasteiger partial charge on any atom is -0.379 e. The lowest BCUT2D eigenvalue weighted by Crippen LogP contribution is -2.12. The van der Waals surface area contributed by atoms with Crippen LogP contribution in [0.4, 0.5) is 11.5 Å². The Balaban J connectivity index is 1.74. The molecule has 18 heavy (non-hydrogen) atoms. The van der Waals surface area contributed by atoms with Gasteiger partial charge >= 0.3 is 0 Å². The van der Waals surface area contributed by atoms with Crippen molar-refractivity contribution < 1.29 is 9.66 Å². The number of anilines is 1. The number of nitrogens with one attached hydrogen (secondary N) is 1. The topological polar surface area (TPSA) is 77.3 Å². The van der Waals surface area contributed by atoms with Crippen molar-refractivity contribution in [1.29, 1.82) is 0 Å². The van der Waals surface area contributed by atoms with Crippen LogP contribution in [0.15, 0.2) is 12.1 Å². The molecule has 0 bridgehead atoms. The smallest absolute Gasteiger partial charge is 0.290 e. The number of pyridine rings is 1. The van der Waals surface area contributed by atoms with Crippen LogP contribution < -0.4 is 5.32 Å². The van der Waals surface area contributed by atoms with Crippen molar-refractivity contribution in [2.45, 2.75) is 19.8 Å². The van der Waals surface area contributed by atoms with Crippen LogP contribution in [-0.4, -0.2) is 29.7 Å². The van der Waals surface area contributed by atoms with E-state index >= 15 is 0 Å². The fraction of sp³-hybridized carbons (Fsp3) is 0.583.